The maximum absolute atomic E-state index is 12.4. The Kier molecular flexibility index (Phi) is 3.95. The lowest BCUT2D eigenvalue weighted by molar-refractivity contribution is -0.122. The smallest absolute Gasteiger partial charge is 0.229 e. The Morgan fingerprint density at radius 1 is 1.38 bits per heavy atom. The average Bonchev–Trinajstić information content (AvgIpc) is 3.14. The van der Waals surface area contributed by atoms with Crippen LogP contribution < -0.4 is 10.6 Å². The number of nitrogens with one attached hydrogen (secondary N) is 2. The van der Waals surface area contributed by atoms with E-state index in [1.807, 2.05) is 43.3 Å². The van der Waals surface area contributed by atoms with Crippen LogP contribution in [0.3, 0.4) is 0 Å². The van der Waals surface area contributed by atoms with Crippen molar-refractivity contribution in [2.45, 2.75) is 31.7 Å². The molecule has 1 aliphatic heterocycles. The number of amides is 1. The number of rotatable bonds is 5. The SMILES string of the molecule is CC(CCc1ccco1)NC(=O)C1CNc2ccccc21. The number of aryl methyl sites for hydroxylation is 1. The Morgan fingerprint density at radius 2 is 2.24 bits per heavy atom. The van der Waals surface area contributed by atoms with Crippen molar-refractivity contribution >= 4 is 11.6 Å². The van der Waals surface area contributed by atoms with Gasteiger partial charge in [0.15, 0.2) is 0 Å². The first-order chi connectivity index (χ1) is 10.2. The summed E-state index contributed by atoms with van der Waals surface area (Å²) in [5.74, 6) is 0.968. The molecule has 0 aliphatic carbocycles. The van der Waals surface area contributed by atoms with Crippen LogP contribution in [0.15, 0.2) is 47.1 Å². The molecule has 1 aliphatic rings. The van der Waals surface area contributed by atoms with Gasteiger partial charge in [-0.25, -0.2) is 0 Å². The average molecular weight is 284 g/mol. The van der Waals surface area contributed by atoms with E-state index in [9.17, 15) is 4.79 Å². The van der Waals surface area contributed by atoms with Gasteiger partial charge in [0.2, 0.25) is 5.91 Å². The monoisotopic (exact) mass is 284 g/mol. The number of anilines is 1. The van der Waals surface area contributed by atoms with Crippen LogP contribution in [0, 0.1) is 0 Å². The predicted octanol–water partition coefficient (Wildman–Crippen LogP) is 2.93. The van der Waals surface area contributed by atoms with E-state index in [-0.39, 0.29) is 17.9 Å². The summed E-state index contributed by atoms with van der Waals surface area (Å²) in [4.78, 5) is 12.4. The molecule has 3 rings (SSSR count). The zero-order chi connectivity index (χ0) is 14.7. The molecule has 0 saturated carbocycles. The number of hydrogen-bond acceptors (Lipinski definition) is 3. The first-order valence-corrected chi connectivity index (χ1v) is 7.39. The molecule has 0 radical (unpaired) electrons. The minimum Gasteiger partial charge on any atom is -0.469 e. The van der Waals surface area contributed by atoms with Crippen LogP contribution >= 0.6 is 0 Å². The fraction of sp³-hybridized carbons (Fsp3) is 0.353. The summed E-state index contributed by atoms with van der Waals surface area (Å²) in [5.41, 5.74) is 2.16. The second-order valence-corrected chi connectivity index (χ2v) is 5.55. The highest BCUT2D eigenvalue weighted by Crippen LogP contribution is 2.31. The molecule has 21 heavy (non-hydrogen) atoms. The van der Waals surface area contributed by atoms with Gasteiger partial charge in [-0.05, 0) is 37.1 Å². The van der Waals surface area contributed by atoms with Crippen molar-refractivity contribution in [3.63, 3.8) is 0 Å². The van der Waals surface area contributed by atoms with Gasteiger partial charge in [0, 0.05) is 24.7 Å². The lowest BCUT2D eigenvalue weighted by atomic mass is 10.00. The first kappa shape index (κ1) is 13.7. The molecule has 2 unspecified atom stereocenters. The Balaban J connectivity index is 1.54. The first-order valence-electron chi connectivity index (χ1n) is 7.39. The fourth-order valence-corrected chi connectivity index (χ4v) is 2.75. The highest BCUT2D eigenvalue weighted by molar-refractivity contribution is 5.88. The second-order valence-electron chi connectivity index (χ2n) is 5.55. The van der Waals surface area contributed by atoms with E-state index in [1.165, 1.54) is 0 Å². The number of benzene rings is 1. The van der Waals surface area contributed by atoms with Crippen LogP contribution in [0.2, 0.25) is 0 Å². The standard InChI is InChI=1S/C17H20N2O2/c1-12(8-9-13-5-4-10-21-13)19-17(20)15-11-18-16-7-3-2-6-14(15)16/h2-7,10,12,15,18H,8-9,11H2,1H3,(H,19,20). The Labute approximate surface area is 124 Å². The van der Waals surface area contributed by atoms with Crippen LogP contribution in [0.1, 0.15) is 30.6 Å². The molecule has 2 aromatic rings. The maximum Gasteiger partial charge on any atom is 0.229 e. The number of para-hydroxylation sites is 1. The van der Waals surface area contributed by atoms with Crippen LogP contribution in [-0.4, -0.2) is 18.5 Å². The molecule has 4 heteroatoms. The Hall–Kier alpha value is -2.23. The number of furan rings is 1. The van der Waals surface area contributed by atoms with Gasteiger partial charge >= 0.3 is 0 Å². The lowest BCUT2D eigenvalue weighted by Crippen LogP contribution is -2.37. The molecule has 2 heterocycles. The number of carbonyl (C=O) groups excluding carboxylic acids is 1. The van der Waals surface area contributed by atoms with E-state index in [0.717, 1.165) is 29.9 Å². The molecule has 110 valence electrons. The van der Waals surface area contributed by atoms with Crippen molar-refractivity contribution in [3.05, 3.63) is 54.0 Å². The molecular weight excluding hydrogens is 264 g/mol. The summed E-state index contributed by atoms with van der Waals surface area (Å²) in [5, 5.41) is 6.39. The van der Waals surface area contributed by atoms with E-state index in [1.54, 1.807) is 6.26 Å². The van der Waals surface area contributed by atoms with Crippen LogP contribution in [0.4, 0.5) is 5.69 Å². The highest BCUT2D eigenvalue weighted by atomic mass is 16.3. The van der Waals surface area contributed by atoms with Gasteiger partial charge in [-0.15, -0.1) is 0 Å². The van der Waals surface area contributed by atoms with Gasteiger partial charge < -0.3 is 15.1 Å². The van der Waals surface area contributed by atoms with E-state index in [2.05, 4.69) is 10.6 Å². The maximum atomic E-state index is 12.4. The summed E-state index contributed by atoms with van der Waals surface area (Å²) >= 11 is 0. The molecule has 0 bridgehead atoms. The minimum atomic E-state index is -0.0905. The molecule has 1 amide bonds. The van der Waals surface area contributed by atoms with Gasteiger partial charge in [0.1, 0.15) is 5.76 Å². The zero-order valence-electron chi connectivity index (χ0n) is 12.1. The van der Waals surface area contributed by atoms with Gasteiger partial charge in [-0.1, -0.05) is 18.2 Å². The van der Waals surface area contributed by atoms with Crippen molar-refractivity contribution in [1.82, 2.24) is 5.32 Å². The third-order valence-corrected chi connectivity index (χ3v) is 3.94. The van der Waals surface area contributed by atoms with Gasteiger partial charge in [-0.2, -0.15) is 0 Å². The number of carbonyl (C=O) groups is 1. The predicted molar refractivity (Wildman–Crippen MR) is 82.3 cm³/mol. The zero-order valence-corrected chi connectivity index (χ0v) is 12.1. The van der Waals surface area contributed by atoms with E-state index < -0.39 is 0 Å². The lowest BCUT2D eigenvalue weighted by Gasteiger charge is -2.16. The molecule has 2 atom stereocenters. The number of hydrogen-bond donors (Lipinski definition) is 2. The topological polar surface area (TPSA) is 54.3 Å². The molecule has 0 spiro atoms. The van der Waals surface area contributed by atoms with Gasteiger partial charge in [0.05, 0.1) is 12.2 Å². The highest BCUT2D eigenvalue weighted by Gasteiger charge is 2.28. The molecular formula is C17H20N2O2. The van der Waals surface area contributed by atoms with Crippen molar-refractivity contribution < 1.29 is 9.21 Å². The molecule has 1 aromatic carbocycles. The Bertz CT molecular complexity index is 607. The Morgan fingerprint density at radius 3 is 3.05 bits per heavy atom. The van der Waals surface area contributed by atoms with E-state index >= 15 is 0 Å². The normalized spacial score (nSPS) is 17.9. The largest absolute Gasteiger partial charge is 0.469 e. The minimum absolute atomic E-state index is 0.0905. The van der Waals surface area contributed by atoms with Crippen molar-refractivity contribution in [1.29, 1.82) is 0 Å². The third-order valence-electron chi connectivity index (χ3n) is 3.94. The summed E-state index contributed by atoms with van der Waals surface area (Å²) in [6.07, 6.45) is 3.40. The van der Waals surface area contributed by atoms with Gasteiger partial charge in [-0.3, -0.25) is 4.79 Å². The quantitative estimate of drug-likeness (QED) is 0.887. The van der Waals surface area contributed by atoms with Crippen molar-refractivity contribution in [2.24, 2.45) is 0 Å². The van der Waals surface area contributed by atoms with Crippen LogP contribution in [-0.2, 0) is 11.2 Å². The summed E-state index contributed by atoms with van der Waals surface area (Å²) in [6, 6.07) is 12.0. The molecule has 1 aromatic heterocycles. The summed E-state index contributed by atoms with van der Waals surface area (Å²) in [7, 11) is 0. The van der Waals surface area contributed by atoms with E-state index in [0.29, 0.717) is 6.54 Å². The number of fused-ring (bicyclic) bond motifs is 1. The summed E-state index contributed by atoms with van der Waals surface area (Å²) < 4.78 is 5.31. The fourth-order valence-electron chi connectivity index (χ4n) is 2.75. The van der Waals surface area contributed by atoms with Crippen LogP contribution in [0.5, 0.6) is 0 Å². The molecule has 0 saturated heterocycles. The van der Waals surface area contributed by atoms with Crippen molar-refractivity contribution in [2.75, 3.05) is 11.9 Å². The van der Waals surface area contributed by atoms with Gasteiger partial charge in [0.25, 0.3) is 0 Å². The second kappa shape index (κ2) is 6.04. The third kappa shape index (κ3) is 3.10. The van der Waals surface area contributed by atoms with Crippen LogP contribution in [0.25, 0.3) is 0 Å². The molecule has 0 fully saturated rings. The summed E-state index contributed by atoms with van der Waals surface area (Å²) in [6.45, 7) is 2.71. The molecule has 4 nitrogen and oxygen atoms in total. The van der Waals surface area contributed by atoms with Crippen molar-refractivity contribution in [3.8, 4) is 0 Å². The van der Waals surface area contributed by atoms with E-state index in [4.69, 9.17) is 4.42 Å². The molecule has 2 N–H and O–H groups in total.